The van der Waals surface area contributed by atoms with E-state index in [0.29, 0.717) is 6.54 Å². The molecule has 0 aromatic rings. The Kier molecular flexibility index (Phi) is 7.86. The van der Waals surface area contributed by atoms with Crippen LogP contribution in [0.25, 0.3) is 0 Å². The van der Waals surface area contributed by atoms with Crippen molar-refractivity contribution in [2.24, 2.45) is 0 Å². The van der Waals surface area contributed by atoms with Crippen molar-refractivity contribution >= 4 is 21.8 Å². The van der Waals surface area contributed by atoms with Crippen LogP contribution in [-0.4, -0.2) is 48.9 Å². The molecular weight excluding hydrogens is 272 g/mol. The molecule has 0 saturated heterocycles. The van der Waals surface area contributed by atoms with Gasteiger partial charge in [-0.25, -0.2) is 8.78 Å². The van der Waals surface area contributed by atoms with E-state index in [2.05, 4.69) is 20.7 Å². The highest BCUT2D eigenvalue weighted by atomic mass is 79.9. The zero-order chi connectivity index (χ0) is 11.8. The van der Waals surface area contributed by atoms with Crippen molar-refractivity contribution in [1.82, 2.24) is 4.90 Å². The van der Waals surface area contributed by atoms with Gasteiger partial charge < -0.3 is 9.64 Å². The maximum Gasteiger partial charge on any atom is 0.261 e. The summed E-state index contributed by atoms with van der Waals surface area (Å²) < 4.78 is 27.9. The largest absolute Gasteiger partial charge is 0.375 e. The van der Waals surface area contributed by atoms with E-state index in [0.717, 1.165) is 0 Å². The summed E-state index contributed by atoms with van der Waals surface area (Å²) in [6.07, 6.45) is -2.33. The summed E-state index contributed by atoms with van der Waals surface area (Å²) in [4.78, 5) is 13.1. The smallest absolute Gasteiger partial charge is 0.261 e. The van der Waals surface area contributed by atoms with Crippen molar-refractivity contribution in [3.63, 3.8) is 0 Å². The van der Waals surface area contributed by atoms with Crippen LogP contribution in [0, 0.1) is 0 Å². The Labute approximate surface area is 96.9 Å². The minimum Gasteiger partial charge on any atom is -0.375 e. The van der Waals surface area contributed by atoms with Crippen molar-refractivity contribution in [1.29, 1.82) is 0 Å². The van der Waals surface area contributed by atoms with Gasteiger partial charge in [-0.1, -0.05) is 22.9 Å². The molecule has 1 unspecified atom stereocenters. The SMILES string of the molecule is CC(Br)CN(C)C(=O)CCOCC(F)F. The van der Waals surface area contributed by atoms with Crippen molar-refractivity contribution < 1.29 is 18.3 Å². The molecule has 0 heterocycles. The highest BCUT2D eigenvalue weighted by Crippen LogP contribution is 2.02. The van der Waals surface area contributed by atoms with Gasteiger partial charge in [-0.3, -0.25) is 4.79 Å². The van der Waals surface area contributed by atoms with Crippen molar-refractivity contribution in [2.45, 2.75) is 24.6 Å². The number of amides is 1. The molecule has 90 valence electrons. The molecule has 0 aromatic heterocycles. The van der Waals surface area contributed by atoms with E-state index in [1.807, 2.05) is 6.92 Å². The molecule has 0 spiro atoms. The molecule has 0 aliphatic heterocycles. The zero-order valence-electron chi connectivity index (χ0n) is 8.88. The van der Waals surface area contributed by atoms with Crippen molar-refractivity contribution in [3.8, 4) is 0 Å². The predicted molar refractivity (Wildman–Crippen MR) is 57.5 cm³/mol. The third kappa shape index (κ3) is 8.74. The maximum absolute atomic E-state index is 11.7. The minimum atomic E-state index is -2.47. The van der Waals surface area contributed by atoms with Gasteiger partial charge in [0, 0.05) is 18.4 Å². The molecular formula is C9H16BrF2NO2. The first-order valence-electron chi connectivity index (χ1n) is 4.67. The van der Waals surface area contributed by atoms with E-state index in [1.165, 1.54) is 0 Å². The second-order valence-electron chi connectivity index (χ2n) is 3.27. The number of halogens is 3. The number of rotatable bonds is 7. The van der Waals surface area contributed by atoms with Gasteiger partial charge in [0.2, 0.25) is 5.91 Å². The van der Waals surface area contributed by atoms with Crippen molar-refractivity contribution in [3.05, 3.63) is 0 Å². The number of ether oxygens (including phenoxy) is 1. The van der Waals surface area contributed by atoms with E-state index in [-0.39, 0.29) is 23.8 Å². The summed E-state index contributed by atoms with van der Waals surface area (Å²) >= 11 is 3.32. The lowest BCUT2D eigenvalue weighted by atomic mass is 10.3. The average molecular weight is 288 g/mol. The molecule has 0 aliphatic rings. The molecule has 0 aliphatic carbocycles. The van der Waals surface area contributed by atoms with Crippen LogP contribution >= 0.6 is 15.9 Å². The highest BCUT2D eigenvalue weighted by Gasteiger charge is 2.11. The van der Waals surface area contributed by atoms with Gasteiger partial charge in [0.1, 0.15) is 6.61 Å². The van der Waals surface area contributed by atoms with Gasteiger partial charge in [0.15, 0.2) is 0 Å². The van der Waals surface area contributed by atoms with Crippen LogP contribution in [0.5, 0.6) is 0 Å². The Morgan fingerprint density at radius 2 is 2.13 bits per heavy atom. The first kappa shape index (κ1) is 14.8. The molecule has 0 radical (unpaired) electrons. The van der Waals surface area contributed by atoms with E-state index in [1.54, 1.807) is 11.9 Å². The fourth-order valence-corrected chi connectivity index (χ4v) is 1.44. The van der Waals surface area contributed by atoms with Crippen LogP contribution in [0.3, 0.4) is 0 Å². The fraction of sp³-hybridized carbons (Fsp3) is 0.889. The summed E-state index contributed by atoms with van der Waals surface area (Å²) in [6, 6.07) is 0. The Bertz CT molecular complexity index is 191. The van der Waals surface area contributed by atoms with Gasteiger partial charge in [-0.05, 0) is 0 Å². The summed E-state index contributed by atoms with van der Waals surface area (Å²) in [6.45, 7) is 1.96. The van der Waals surface area contributed by atoms with E-state index >= 15 is 0 Å². The maximum atomic E-state index is 11.7. The molecule has 0 fully saturated rings. The highest BCUT2D eigenvalue weighted by molar-refractivity contribution is 9.09. The lowest BCUT2D eigenvalue weighted by Gasteiger charge is -2.18. The molecule has 0 aromatic carbocycles. The summed E-state index contributed by atoms with van der Waals surface area (Å²) in [7, 11) is 1.67. The molecule has 0 saturated carbocycles. The summed E-state index contributed by atoms with van der Waals surface area (Å²) in [5.41, 5.74) is 0. The summed E-state index contributed by atoms with van der Waals surface area (Å²) in [5, 5.41) is 0. The monoisotopic (exact) mass is 287 g/mol. The standard InChI is InChI=1S/C9H16BrF2NO2/c1-7(10)5-13(2)9(14)3-4-15-6-8(11)12/h7-8H,3-6H2,1-2H3. The number of hydrogen-bond donors (Lipinski definition) is 0. The Morgan fingerprint density at radius 3 is 2.60 bits per heavy atom. The topological polar surface area (TPSA) is 29.5 Å². The third-order valence-corrected chi connectivity index (χ3v) is 1.94. The Balaban J connectivity index is 3.56. The minimum absolute atomic E-state index is 0.0458. The first-order valence-corrected chi connectivity index (χ1v) is 5.59. The predicted octanol–water partition coefficient (Wildman–Crippen LogP) is 1.90. The number of carbonyl (C=O) groups is 1. The number of hydrogen-bond acceptors (Lipinski definition) is 2. The molecule has 0 N–H and O–H groups in total. The zero-order valence-corrected chi connectivity index (χ0v) is 10.5. The third-order valence-electron chi connectivity index (χ3n) is 1.66. The van der Waals surface area contributed by atoms with Crippen LogP contribution in [0.2, 0.25) is 0 Å². The number of alkyl halides is 3. The average Bonchev–Trinajstić information content (AvgIpc) is 2.10. The molecule has 1 atom stereocenters. The van der Waals surface area contributed by atoms with E-state index in [9.17, 15) is 13.6 Å². The number of carbonyl (C=O) groups excluding carboxylic acids is 1. The summed E-state index contributed by atoms with van der Waals surface area (Å²) in [5.74, 6) is -0.101. The number of nitrogens with zero attached hydrogens (tertiary/aromatic N) is 1. The van der Waals surface area contributed by atoms with E-state index < -0.39 is 13.0 Å². The molecule has 0 rings (SSSR count). The second-order valence-corrected chi connectivity index (χ2v) is 4.83. The van der Waals surface area contributed by atoms with Crippen LogP contribution < -0.4 is 0 Å². The molecule has 15 heavy (non-hydrogen) atoms. The van der Waals surface area contributed by atoms with E-state index in [4.69, 9.17) is 0 Å². The van der Waals surface area contributed by atoms with Crippen LogP contribution in [-0.2, 0) is 9.53 Å². The van der Waals surface area contributed by atoms with Crippen LogP contribution in [0.4, 0.5) is 8.78 Å². The second kappa shape index (κ2) is 7.98. The van der Waals surface area contributed by atoms with Crippen LogP contribution in [0.1, 0.15) is 13.3 Å². The fourth-order valence-electron chi connectivity index (χ4n) is 1.00. The first-order chi connectivity index (χ1) is 6.93. The van der Waals surface area contributed by atoms with Gasteiger partial charge >= 0.3 is 0 Å². The van der Waals surface area contributed by atoms with Crippen molar-refractivity contribution in [2.75, 3.05) is 26.8 Å². The lowest BCUT2D eigenvalue weighted by Crippen LogP contribution is -2.31. The molecule has 6 heteroatoms. The molecule has 0 bridgehead atoms. The van der Waals surface area contributed by atoms with Gasteiger partial charge in [-0.15, -0.1) is 0 Å². The Hall–Kier alpha value is -0.230. The molecule has 3 nitrogen and oxygen atoms in total. The van der Waals surface area contributed by atoms with Crippen LogP contribution in [0.15, 0.2) is 0 Å². The lowest BCUT2D eigenvalue weighted by molar-refractivity contribution is -0.131. The van der Waals surface area contributed by atoms with Gasteiger partial charge in [-0.2, -0.15) is 0 Å². The Morgan fingerprint density at radius 1 is 1.53 bits per heavy atom. The van der Waals surface area contributed by atoms with Gasteiger partial charge in [0.25, 0.3) is 6.43 Å². The van der Waals surface area contributed by atoms with Gasteiger partial charge in [0.05, 0.1) is 13.0 Å². The normalized spacial score (nSPS) is 12.9. The quantitative estimate of drug-likeness (QED) is 0.529. The molecule has 1 amide bonds.